The summed E-state index contributed by atoms with van der Waals surface area (Å²) in [5, 5.41) is 4.86. The van der Waals surface area contributed by atoms with Crippen LogP contribution in [-0.2, 0) is 0 Å². The van der Waals surface area contributed by atoms with Crippen LogP contribution < -0.4 is 14.9 Å². The molecule has 29 heavy (non-hydrogen) atoms. The topological polar surface area (TPSA) is 73.1 Å². The quantitative estimate of drug-likeness (QED) is 0.150. The highest BCUT2D eigenvalue weighted by molar-refractivity contribution is 14.1. The van der Waals surface area contributed by atoms with Gasteiger partial charge in [-0.15, -0.1) is 0 Å². The number of nitrogens with one attached hydrogen (secondary N) is 1. The number of halogens is 3. The first-order valence-electron chi connectivity index (χ1n) is 8.26. The average molecular weight is 681 g/mol. The Bertz CT molecular complexity index is 1110. The number of methoxy groups -OCH3 is 1. The van der Waals surface area contributed by atoms with Crippen LogP contribution in [0, 0.1) is 7.14 Å². The Morgan fingerprint density at radius 1 is 1.28 bits per heavy atom. The SMILES string of the molecule is C=CCOc1c(I)cc(/C=N/NC(=O)c2cc3cc(Br)cc(I)c3o2)cc1OC. The van der Waals surface area contributed by atoms with Crippen molar-refractivity contribution in [3.8, 4) is 11.5 Å². The van der Waals surface area contributed by atoms with E-state index in [4.69, 9.17) is 13.9 Å². The standard InChI is InChI=1S/C20H15BrI2N2O4/c1-3-4-28-19-14(22)5-11(6-16(19)27-2)10-24-25-20(26)17-8-12-7-13(21)9-15(23)18(12)29-17/h3,5-10H,1,4H2,2H3,(H,25,26)/b24-10+. The summed E-state index contributed by atoms with van der Waals surface area (Å²) < 4.78 is 19.4. The Kier molecular flexibility index (Phi) is 7.57. The van der Waals surface area contributed by atoms with Crippen molar-refractivity contribution in [3.05, 3.63) is 65.9 Å². The molecule has 9 heteroatoms. The van der Waals surface area contributed by atoms with Crippen molar-refractivity contribution < 1.29 is 18.7 Å². The van der Waals surface area contributed by atoms with Crippen LogP contribution in [0.2, 0.25) is 0 Å². The summed E-state index contributed by atoms with van der Waals surface area (Å²) in [4.78, 5) is 12.4. The summed E-state index contributed by atoms with van der Waals surface area (Å²) in [5.41, 5.74) is 3.90. The fourth-order valence-electron chi connectivity index (χ4n) is 2.50. The van der Waals surface area contributed by atoms with Crippen LogP contribution in [-0.4, -0.2) is 25.8 Å². The molecular weight excluding hydrogens is 666 g/mol. The maximum absolute atomic E-state index is 12.4. The average Bonchev–Trinajstić information content (AvgIpc) is 3.11. The number of fused-ring (bicyclic) bond motifs is 1. The first-order chi connectivity index (χ1) is 13.9. The minimum Gasteiger partial charge on any atom is -0.493 e. The number of furan rings is 1. The number of nitrogens with zero attached hydrogens (tertiary/aromatic N) is 1. The second kappa shape index (κ2) is 9.94. The minimum atomic E-state index is -0.433. The molecule has 0 aliphatic carbocycles. The van der Waals surface area contributed by atoms with Gasteiger partial charge in [-0.1, -0.05) is 28.6 Å². The normalized spacial score (nSPS) is 11.0. The number of carbonyl (C=O) groups excluding carboxylic acids is 1. The summed E-state index contributed by atoms with van der Waals surface area (Å²) >= 11 is 7.76. The zero-order valence-corrected chi connectivity index (χ0v) is 21.1. The summed E-state index contributed by atoms with van der Waals surface area (Å²) in [6, 6.07) is 9.15. The number of hydrogen-bond acceptors (Lipinski definition) is 5. The van der Waals surface area contributed by atoms with E-state index in [9.17, 15) is 4.79 Å². The molecule has 0 saturated carbocycles. The molecule has 150 valence electrons. The van der Waals surface area contributed by atoms with Crippen LogP contribution in [0.5, 0.6) is 11.5 Å². The molecule has 3 rings (SSSR count). The van der Waals surface area contributed by atoms with E-state index >= 15 is 0 Å². The largest absolute Gasteiger partial charge is 0.493 e. The third-order valence-corrected chi connectivity index (χ3v) is 5.80. The number of hydrogen-bond donors (Lipinski definition) is 1. The molecule has 0 fully saturated rings. The van der Waals surface area contributed by atoms with Gasteiger partial charge in [-0.2, -0.15) is 5.10 Å². The Balaban J connectivity index is 1.75. The fraction of sp³-hybridized carbons (Fsp3) is 0.100. The lowest BCUT2D eigenvalue weighted by atomic mass is 10.2. The van der Waals surface area contributed by atoms with Crippen LogP contribution in [0.25, 0.3) is 11.0 Å². The molecule has 1 heterocycles. The monoisotopic (exact) mass is 680 g/mol. The zero-order valence-electron chi connectivity index (χ0n) is 15.2. The molecule has 0 bridgehead atoms. The molecule has 3 aromatic rings. The Hall–Kier alpha value is -1.60. The lowest BCUT2D eigenvalue weighted by molar-refractivity contribution is 0.0929. The highest BCUT2D eigenvalue weighted by Gasteiger charge is 2.14. The first kappa shape index (κ1) is 22.1. The van der Waals surface area contributed by atoms with Crippen molar-refractivity contribution in [2.45, 2.75) is 0 Å². The number of rotatable bonds is 7. The molecule has 0 unspecified atom stereocenters. The lowest BCUT2D eigenvalue weighted by Gasteiger charge is -2.12. The Labute approximate surface area is 203 Å². The van der Waals surface area contributed by atoms with Gasteiger partial charge in [0.1, 0.15) is 12.2 Å². The predicted molar refractivity (Wildman–Crippen MR) is 133 cm³/mol. The Morgan fingerprint density at radius 3 is 2.79 bits per heavy atom. The van der Waals surface area contributed by atoms with Crippen molar-refractivity contribution in [2.24, 2.45) is 5.10 Å². The highest BCUT2D eigenvalue weighted by atomic mass is 127. The van der Waals surface area contributed by atoms with Crippen molar-refractivity contribution in [1.29, 1.82) is 0 Å². The molecular formula is C20H15BrI2N2O4. The van der Waals surface area contributed by atoms with E-state index in [0.717, 1.165) is 22.6 Å². The van der Waals surface area contributed by atoms with Gasteiger partial charge in [0.2, 0.25) is 0 Å². The van der Waals surface area contributed by atoms with Gasteiger partial charge in [0.05, 0.1) is 20.5 Å². The van der Waals surface area contributed by atoms with Crippen molar-refractivity contribution in [3.63, 3.8) is 0 Å². The maximum atomic E-state index is 12.4. The van der Waals surface area contributed by atoms with Crippen LogP contribution in [0.4, 0.5) is 0 Å². The molecule has 0 radical (unpaired) electrons. The molecule has 1 amide bonds. The number of ether oxygens (including phenoxy) is 2. The van der Waals surface area contributed by atoms with Gasteiger partial charge in [0, 0.05) is 9.86 Å². The minimum absolute atomic E-state index is 0.188. The Morgan fingerprint density at radius 2 is 2.07 bits per heavy atom. The molecule has 1 N–H and O–H groups in total. The molecule has 0 aliphatic heterocycles. The molecule has 2 aromatic carbocycles. The van der Waals surface area contributed by atoms with Crippen LogP contribution >= 0.6 is 61.1 Å². The molecule has 0 aliphatic rings. The van der Waals surface area contributed by atoms with E-state index in [2.05, 4.69) is 78.2 Å². The van der Waals surface area contributed by atoms with E-state index in [0.29, 0.717) is 23.7 Å². The predicted octanol–water partition coefficient (Wildman–Crippen LogP) is 5.74. The van der Waals surface area contributed by atoms with Gasteiger partial charge in [-0.25, -0.2) is 5.43 Å². The van der Waals surface area contributed by atoms with Crippen molar-refractivity contribution >= 4 is 84.2 Å². The van der Waals surface area contributed by atoms with Crippen molar-refractivity contribution in [1.82, 2.24) is 5.43 Å². The molecule has 6 nitrogen and oxygen atoms in total. The summed E-state index contributed by atoms with van der Waals surface area (Å²) in [7, 11) is 1.57. The second-order valence-corrected chi connectivity index (χ2v) is 8.99. The maximum Gasteiger partial charge on any atom is 0.307 e. The van der Waals surface area contributed by atoms with Crippen LogP contribution in [0.1, 0.15) is 16.1 Å². The molecule has 1 aromatic heterocycles. The number of carbonyl (C=O) groups is 1. The van der Waals surface area contributed by atoms with E-state index in [1.165, 1.54) is 6.21 Å². The second-order valence-electron chi connectivity index (χ2n) is 5.75. The smallest absolute Gasteiger partial charge is 0.307 e. The van der Waals surface area contributed by atoms with Gasteiger partial charge >= 0.3 is 5.91 Å². The molecule has 0 spiro atoms. The first-order valence-corrected chi connectivity index (χ1v) is 11.2. The number of hydrazone groups is 1. The fourth-order valence-corrected chi connectivity index (χ4v) is 4.95. The zero-order chi connectivity index (χ0) is 21.0. The third-order valence-electron chi connectivity index (χ3n) is 3.74. The van der Waals surface area contributed by atoms with Gasteiger partial charge in [0.15, 0.2) is 17.3 Å². The van der Waals surface area contributed by atoms with Gasteiger partial charge < -0.3 is 13.9 Å². The summed E-state index contributed by atoms with van der Waals surface area (Å²) in [6.45, 7) is 4.02. The number of amides is 1. The summed E-state index contributed by atoms with van der Waals surface area (Å²) in [6.07, 6.45) is 3.20. The molecule has 0 atom stereocenters. The van der Waals surface area contributed by atoms with Crippen molar-refractivity contribution in [2.75, 3.05) is 13.7 Å². The highest BCUT2D eigenvalue weighted by Crippen LogP contribution is 2.33. The third kappa shape index (κ3) is 5.31. The summed E-state index contributed by atoms with van der Waals surface area (Å²) in [5.74, 6) is 0.964. The van der Waals surface area contributed by atoms with Crippen LogP contribution in [0.3, 0.4) is 0 Å². The van der Waals surface area contributed by atoms with Crippen LogP contribution in [0.15, 0.2) is 57.0 Å². The van der Waals surface area contributed by atoms with Gasteiger partial charge in [-0.3, -0.25) is 4.79 Å². The van der Waals surface area contributed by atoms with E-state index in [1.807, 2.05) is 18.2 Å². The lowest BCUT2D eigenvalue weighted by Crippen LogP contribution is -2.16. The van der Waals surface area contributed by atoms with E-state index in [-0.39, 0.29) is 5.76 Å². The van der Waals surface area contributed by atoms with E-state index < -0.39 is 5.91 Å². The van der Waals surface area contributed by atoms with Gasteiger partial charge in [-0.05, 0) is 81.1 Å². The number of benzene rings is 2. The van der Waals surface area contributed by atoms with Gasteiger partial charge in [0.25, 0.3) is 0 Å². The van der Waals surface area contributed by atoms with E-state index in [1.54, 1.807) is 25.3 Å². The molecule has 0 saturated heterocycles.